The number of hydrogen-bond acceptors (Lipinski definition) is 7. The minimum Gasteiger partial charge on any atom is -0.436 e. The predicted molar refractivity (Wildman–Crippen MR) is 136 cm³/mol. The largest absolute Gasteiger partial charge is 0.436 e. The highest BCUT2D eigenvalue weighted by molar-refractivity contribution is 8.00. The van der Waals surface area contributed by atoms with Crippen molar-refractivity contribution >= 4 is 35.0 Å². The highest BCUT2D eigenvalue weighted by Crippen LogP contribution is 2.42. The van der Waals surface area contributed by atoms with Gasteiger partial charge in [0, 0.05) is 40.0 Å². The Morgan fingerprint density at radius 2 is 1.89 bits per heavy atom. The van der Waals surface area contributed by atoms with E-state index in [1.165, 1.54) is 23.9 Å². The number of hydrogen-bond donors (Lipinski definition) is 2. The fourth-order valence-corrected chi connectivity index (χ4v) is 4.76. The number of anilines is 1. The van der Waals surface area contributed by atoms with Crippen LogP contribution in [-0.2, 0) is 17.8 Å². The van der Waals surface area contributed by atoms with Gasteiger partial charge in [0.15, 0.2) is 11.6 Å². The lowest BCUT2D eigenvalue weighted by atomic mass is 9.99. The van der Waals surface area contributed by atoms with Crippen LogP contribution in [0.5, 0.6) is 11.6 Å². The number of aromatic nitrogens is 3. The fraction of sp³-hybridized carbons (Fsp3) is 0.154. The third-order valence-corrected chi connectivity index (χ3v) is 6.90. The molecule has 1 aliphatic heterocycles. The molecule has 3 heterocycles. The highest BCUT2D eigenvalue weighted by atomic mass is 35.5. The monoisotopic (exact) mass is 522 g/mol. The van der Waals surface area contributed by atoms with Crippen LogP contribution in [0.4, 0.5) is 10.1 Å². The third-order valence-electron chi connectivity index (χ3n) is 5.63. The summed E-state index contributed by atoms with van der Waals surface area (Å²) in [6, 6.07) is 12.7. The molecule has 0 atom stereocenters. The molecule has 2 aromatic carbocycles. The van der Waals surface area contributed by atoms with Crippen LogP contribution in [0.1, 0.15) is 22.4 Å². The number of aliphatic hydroxyl groups is 1. The topological polar surface area (TPSA) is 97.2 Å². The number of aliphatic hydroxyl groups excluding tert-OH is 1. The van der Waals surface area contributed by atoms with Gasteiger partial charge in [0.2, 0.25) is 11.8 Å². The Labute approximate surface area is 215 Å². The first-order valence-electron chi connectivity index (χ1n) is 11.0. The van der Waals surface area contributed by atoms with E-state index < -0.39 is 0 Å². The summed E-state index contributed by atoms with van der Waals surface area (Å²) >= 11 is 7.16. The molecule has 0 aliphatic carbocycles. The maximum absolute atomic E-state index is 13.5. The molecule has 0 spiro atoms. The molecule has 36 heavy (non-hydrogen) atoms. The smallest absolute Gasteiger partial charge is 0.234 e. The molecule has 2 N–H and O–H groups in total. The van der Waals surface area contributed by atoms with E-state index in [1.54, 1.807) is 42.6 Å². The fourth-order valence-electron chi connectivity index (χ4n) is 3.81. The SMILES string of the molecule is Cc1ncc(CO)c2c1Oc1nc(-c3ccc(F)cc3)nc(SCC(=O)Nc3ccc(Cl)cc3)c1C2. The Kier molecular flexibility index (Phi) is 6.86. The van der Waals surface area contributed by atoms with Gasteiger partial charge in [-0.1, -0.05) is 23.4 Å². The summed E-state index contributed by atoms with van der Waals surface area (Å²) in [5.74, 6) is 0.748. The number of carbonyl (C=O) groups excluding carboxylic acids is 1. The third kappa shape index (κ3) is 5.04. The zero-order valence-corrected chi connectivity index (χ0v) is 20.7. The van der Waals surface area contributed by atoms with E-state index in [1.807, 2.05) is 6.92 Å². The molecule has 0 unspecified atom stereocenters. The van der Waals surface area contributed by atoms with E-state index in [4.69, 9.17) is 21.3 Å². The Hall–Kier alpha value is -3.53. The molecule has 0 radical (unpaired) electrons. The van der Waals surface area contributed by atoms with Crippen molar-refractivity contribution < 1.29 is 19.0 Å². The van der Waals surface area contributed by atoms with E-state index in [0.29, 0.717) is 62.0 Å². The average Bonchev–Trinajstić information content (AvgIpc) is 2.88. The van der Waals surface area contributed by atoms with Crippen LogP contribution in [0.3, 0.4) is 0 Å². The maximum Gasteiger partial charge on any atom is 0.234 e. The average molecular weight is 523 g/mol. The minimum absolute atomic E-state index is 0.0873. The number of amides is 1. The standard InChI is InChI=1S/C26H20ClFN4O3S/c1-14-23-20(16(12-33)11-29-14)10-21-25(35-23)31-24(15-2-6-18(28)7-3-15)32-26(21)36-13-22(34)30-19-8-4-17(27)5-9-19/h2-9,11,33H,10,12-13H2,1H3,(H,30,34). The number of thioether (sulfide) groups is 1. The van der Waals surface area contributed by atoms with Gasteiger partial charge in [0.1, 0.15) is 10.8 Å². The van der Waals surface area contributed by atoms with Crippen molar-refractivity contribution in [3.05, 3.63) is 88.0 Å². The lowest BCUT2D eigenvalue weighted by molar-refractivity contribution is -0.113. The Balaban J connectivity index is 1.48. The number of aryl methyl sites for hydroxylation is 1. The summed E-state index contributed by atoms with van der Waals surface area (Å²) in [6.07, 6.45) is 2.04. The van der Waals surface area contributed by atoms with Crippen LogP contribution in [0.2, 0.25) is 5.02 Å². The molecule has 0 bridgehead atoms. The van der Waals surface area contributed by atoms with E-state index in [2.05, 4.69) is 15.3 Å². The molecule has 1 amide bonds. The molecule has 2 aromatic heterocycles. The van der Waals surface area contributed by atoms with Gasteiger partial charge >= 0.3 is 0 Å². The second kappa shape index (κ2) is 10.2. The number of ether oxygens (including phenoxy) is 1. The summed E-state index contributed by atoms with van der Waals surface area (Å²) in [6.45, 7) is 1.64. The lowest BCUT2D eigenvalue weighted by Crippen LogP contribution is -2.16. The van der Waals surface area contributed by atoms with Gasteiger partial charge < -0.3 is 15.2 Å². The van der Waals surface area contributed by atoms with Crippen LogP contribution in [0.25, 0.3) is 11.4 Å². The molecule has 4 aromatic rings. The maximum atomic E-state index is 13.5. The molecular formula is C26H20ClFN4O3S. The van der Waals surface area contributed by atoms with Gasteiger partial charge in [0.25, 0.3) is 0 Å². The van der Waals surface area contributed by atoms with Crippen molar-refractivity contribution in [3.8, 4) is 23.0 Å². The van der Waals surface area contributed by atoms with E-state index in [9.17, 15) is 14.3 Å². The van der Waals surface area contributed by atoms with Crippen molar-refractivity contribution in [3.63, 3.8) is 0 Å². The summed E-state index contributed by atoms with van der Waals surface area (Å²) in [5, 5.41) is 13.8. The first-order chi connectivity index (χ1) is 17.4. The molecular weight excluding hydrogens is 503 g/mol. The Morgan fingerprint density at radius 3 is 2.61 bits per heavy atom. The molecule has 10 heteroatoms. The number of halogens is 2. The molecule has 0 saturated heterocycles. The Morgan fingerprint density at radius 1 is 1.14 bits per heavy atom. The summed E-state index contributed by atoms with van der Waals surface area (Å²) in [5.41, 5.74) is 4.09. The normalized spacial score (nSPS) is 11.9. The van der Waals surface area contributed by atoms with Gasteiger partial charge in [-0.3, -0.25) is 9.78 Å². The molecule has 182 valence electrons. The quantitative estimate of drug-likeness (QED) is 0.222. The predicted octanol–water partition coefficient (Wildman–Crippen LogP) is 5.56. The first kappa shape index (κ1) is 24.2. The summed E-state index contributed by atoms with van der Waals surface area (Å²) in [7, 11) is 0. The van der Waals surface area contributed by atoms with Crippen molar-refractivity contribution in [1.82, 2.24) is 15.0 Å². The zero-order valence-electron chi connectivity index (χ0n) is 19.1. The van der Waals surface area contributed by atoms with Crippen molar-refractivity contribution in [2.24, 2.45) is 0 Å². The van der Waals surface area contributed by atoms with Crippen molar-refractivity contribution in [2.75, 3.05) is 11.1 Å². The van der Waals surface area contributed by atoms with E-state index in [0.717, 1.165) is 5.56 Å². The van der Waals surface area contributed by atoms with Gasteiger partial charge in [-0.2, -0.15) is 4.98 Å². The molecule has 7 nitrogen and oxygen atoms in total. The number of nitrogens with one attached hydrogen (secondary N) is 1. The number of benzene rings is 2. The highest BCUT2D eigenvalue weighted by Gasteiger charge is 2.28. The summed E-state index contributed by atoms with van der Waals surface area (Å²) < 4.78 is 19.7. The summed E-state index contributed by atoms with van der Waals surface area (Å²) in [4.78, 5) is 26.3. The number of rotatable bonds is 6. The number of fused-ring (bicyclic) bond motifs is 2. The van der Waals surface area contributed by atoms with Crippen molar-refractivity contribution in [2.45, 2.75) is 25.0 Å². The number of nitrogens with zero attached hydrogens (tertiary/aromatic N) is 3. The van der Waals surface area contributed by atoms with E-state index in [-0.39, 0.29) is 24.1 Å². The number of carbonyl (C=O) groups is 1. The molecule has 0 saturated carbocycles. The lowest BCUT2D eigenvalue weighted by Gasteiger charge is -2.24. The van der Waals surface area contributed by atoms with Crippen molar-refractivity contribution in [1.29, 1.82) is 0 Å². The molecule has 0 fully saturated rings. The van der Waals surface area contributed by atoms with Crippen LogP contribution < -0.4 is 10.1 Å². The van der Waals surface area contributed by atoms with E-state index >= 15 is 0 Å². The van der Waals surface area contributed by atoms with Gasteiger partial charge in [-0.15, -0.1) is 0 Å². The number of pyridine rings is 1. The second-order valence-electron chi connectivity index (χ2n) is 8.10. The van der Waals surface area contributed by atoms with Gasteiger partial charge in [-0.05, 0) is 55.5 Å². The zero-order chi connectivity index (χ0) is 25.2. The van der Waals surface area contributed by atoms with Crippen LogP contribution in [-0.4, -0.2) is 31.7 Å². The first-order valence-corrected chi connectivity index (χ1v) is 12.4. The second-order valence-corrected chi connectivity index (χ2v) is 9.50. The minimum atomic E-state index is -0.367. The molecule has 1 aliphatic rings. The van der Waals surface area contributed by atoms with Crippen LogP contribution >= 0.6 is 23.4 Å². The Bertz CT molecular complexity index is 1450. The van der Waals surface area contributed by atoms with Crippen LogP contribution in [0, 0.1) is 12.7 Å². The van der Waals surface area contributed by atoms with Gasteiger partial charge in [0.05, 0.1) is 23.6 Å². The van der Waals surface area contributed by atoms with Crippen LogP contribution in [0.15, 0.2) is 59.8 Å². The molecule has 5 rings (SSSR count). The van der Waals surface area contributed by atoms with Gasteiger partial charge in [-0.25, -0.2) is 9.37 Å².